The molecule has 0 aliphatic heterocycles. The van der Waals surface area contributed by atoms with E-state index in [1.807, 2.05) is 121 Å². The summed E-state index contributed by atoms with van der Waals surface area (Å²) in [6.07, 6.45) is 20.3. The lowest BCUT2D eigenvalue weighted by atomic mass is 10.0. The maximum atomic E-state index is 4.84. The lowest BCUT2D eigenvalue weighted by Gasteiger charge is -2.05. The molecule has 0 radical (unpaired) electrons. The molecular formula is C93H119N13O2S3. The van der Waals surface area contributed by atoms with Crippen molar-refractivity contribution in [2.45, 2.75) is 217 Å². The van der Waals surface area contributed by atoms with Gasteiger partial charge in [0.15, 0.2) is 0 Å². The van der Waals surface area contributed by atoms with E-state index in [0.717, 1.165) is 44.9 Å². The number of nitrogens with zero attached hydrogens (tertiary/aromatic N) is 11. The Labute approximate surface area is 672 Å². The first-order valence-corrected chi connectivity index (χ1v) is 41.3. The molecular weight excluding hydrogens is 1430 g/mol. The number of thiazole rings is 3. The fraction of sp³-hybridized carbons (Fsp3) is 0.355. The van der Waals surface area contributed by atoms with Gasteiger partial charge in [-0.05, 0) is 142 Å². The summed E-state index contributed by atoms with van der Waals surface area (Å²) in [6, 6.07) is 56.1. The van der Waals surface area contributed by atoms with Gasteiger partial charge in [-0.1, -0.05) is 248 Å². The van der Waals surface area contributed by atoms with Gasteiger partial charge in [-0.3, -0.25) is 15.1 Å². The quantitative estimate of drug-likeness (QED) is 0.125. The highest BCUT2D eigenvalue weighted by molar-refractivity contribution is 7.18. The molecule has 16 rings (SSSR count). The average Bonchev–Trinajstić information content (AvgIpc) is 1.74. The normalized spacial score (nSPS) is 10.8. The van der Waals surface area contributed by atoms with Gasteiger partial charge in [-0.25, -0.2) is 24.9 Å². The van der Waals surface area contributed by atoms with Crippen LogP contribution in [-0.4, -0.2) is 64.8 Å². The van der Waals surface area contributed by atoms with Crippen LogP contribution in [0.5, 0.6) is 0 Å². The number of fused-ring (bicyclic) bond motifs is 5. The molecule has 0 bridgehead atoms. The second-order valence-corrected chi connectivity index (χ2v) is 32.9. The summed E-state index contributed by atoms with van der Waals surface area (Å²) < 4.78 is 14.1. The van der Waals surface area contributed by atoms with Crippen molar-refractivity contribution in [3.8, 4) is 0 Å². The minimum Gasteiger partial charge on any atom is -0.365 e. The largest absolute Gasteiger partial charge is 0.365 e. The number of nitrogens with one attached hydrogen (secondary N) is 2. The summed E-state index contributed by atoms with van der Waals surface area (Å²) in [6.45, 7) is 47.4. The first-order chi connectivity index (χ1) is 53.2. The molecule has 111 heavy (non-hydrogen) atoms. The van der Waals surface area contributed by atoms with E-state index in [2.05, 4.69) is 325 Å². The van der Waals surface area contributed by atoms with Crippen LogP contribution in [0.25, 0.3) is 47.9 Å². The van der Waals surface area contributed by atoms with E-state index < -0.39 is 0 Å². The molecule has 0 spiro atoms. The Bertz CT molecular complexity index is 4580. The van der Waals surface area contributed by atoms with E-state index in [9.17, 15) is 0 Å². The molecule has 0 fully saturated rings. The van der Waals surface area contributed by atoms with Crippen molar-refractivity contribution in [3.05, 3.63) is 304 Å². The minimum absolute atomic E-state index is 0.456. The van der Waals surface area contributed by atoms with Gasteiger partial charge in [-0.2, -0.15) is 5.10 Å². The second kappa shape index (κ2) is 47.8. The molecule has 11 aromatic heterocycles. The summed E-state index contributed by atoms with van der Waals surface area (Å²) in [5.41, 5.74) is 17.5. The van der Waals surface area contributed by atoms with Crippen LogP contribution in [0, 0.1) is 0 Å². The summed E-state index contributed by atoms with van der Waals surface area (Å²) >= 11 is 5.22. The third-order valence-electron chi connectivity index (χ3n) is 17.2. The molecule has 0 aliphatic rings. The number of pyridine rings is 3. The molecule has 0 aliphatic carbocycles. The zero-order valence-corrected chi connectivity index (χ0v) is 71.9. The van der Waals surface area contributed by atoms with Crippen LogP contribution in [0.2, 0.25) is 0 Å². The maximum absolute atomic E-state index is 4.84. The van der Waals surface area contributed by atoms with Gasteiger partial charge in [0.05, 0.1) is 77.1 Å². The van der Waals surface area contributed by atoms with Crippen LogP contribution in [0.1, 0.15) is 278 Å². The SMILES string of the molecule is CC(C)c1ccc2ncccc2c1.CC(C)c1ccc2ncsc2c1.CC(C)c1ccccc1.CC(C)c1ccno1.CC(C)c1ccon1.CC(C)c1cn2ccccc2n1.CC(C)c1cn[nH]c1.CC(C)c1cnc2ccccc2c1.CC(C)c1cnc[nH]1.CC(C)c1nc2ccccc2s1.CC(C)c1nccs1. The molecule has 0 saturated heterocycles. The number of benzene rings is 5. The number of H-pyrrole nitrogens is 2. The Morgan fingerprint density at radius 3 is 1.51 bits per heavy atom. The van der Waals surface area contributed by atoms with Gasteiger partial charge in [0, 0.05) is 95.1 Å². The first kappa shape index (κ1) is 89.8. The molecule has 0 amide bonds. The number of hydrogen-bond donors (Lipinski definition) is 2. The predicted molar refractivity (Wildman–Crippen MR) is 472 cm³/mol. The van der Waals surface area contributed by atoms with Crippen molar-refractivity contribution < 1.29 is 9.05 Å². The van der Waals surface area contributed by atoms with Crippen LogP contribution < -0.4 is 0 Å². The van der Waals surface area contributed by atoms with Crippen molar-refractivity contribution in [2.75, 3.05) is 0 Å². The highest BCUT2D eigenvalue weighted by Crippen LogP contribution is 2.28. The predicted octanol–water partition coefficient (Wildman–Crippen LogP) is 27.8. The molecule has 2 N–H and O–H groups in total. The summed E-state index contributed by atoms with van der Waals surface area (Å²) in [5.74, 6) is 7.09. The van der Waals surface area contributed by atoms with Crippen LogP contribution in [0.3, 0.4) is 0 Å². The third kappa shape index (κ3) is 31.6. The fourth-order valence-electron chi connectivity index (χ4n) is 10.0. The van der Waals surface area contributed by atoms with Gasteiger partial charge < -0.3 is 18.4 Å². The van der Waals surface area contributed by atoms with Gasteiger partial charge in [0.2, 0.25) is 0 Å². The smallest absolute Gasteiger partial charge is 0.139 e. The Kier molecular flexibility index (Phi) is 38.7. The minimum atomic E-state index is 0.456. The zero-order chi connectivity index (χ0) is 80.8. The average molecular weight is 1550 g/mol. The summed E-state index contributed by atoms with van der Waals surface area (Å²) in [7, 11) is 0. The van der Waals surface area contributed by atoms with E-state index in [1.165, 1.54) is 63.7 Å². The highest BCUT2D eigenvalue weighted by atomic mass is 32.1. The molecule has 0 unspecified atom stereocenters. The second-order valence-electron chi connectivity index (χ2n) is 30.0. The number of aromatic nitrogens is 13. The first-order valence-electron chi connectivity index (χ1n) is 38.7. The number of rotatable bonds is 11. The van der Waals surface area contributed by atoms with E-state index in [4.69, 9.17) is 4.52 Å². The lowest BCUT2D eigenvalue weighted by Crippen LogP contribution is -1.88. The monoisotopic (exact) mass is 1550 g/mol. The molecule has 11 heterocycles. The molecule has 0 atom stereocenters. The Morgan fingerprint density at radius 1 is 0.405 bits per heavy atom. The third-order valence-corrected chi connectivity index (χ3v) is 20.4. The molecule has 586 valence electrons. The standard InChI is InChI=1S/2C12H13N.C10H12N2.2C10H11NS.C9H12.2C6H10N2.2C6H9NO.C6H9NS/c1-9(2)10-5-6-12-11(8-10)4-3-7-13-12;1-9(2)11-7-10-5-3-4-6-12(10)13-8-11;1-8(2)9-7-12-6-4-3-5-10(12)11-9;1-7(2)8-3-4-9-10(5-8)12-6-11-9;1-7(2)10-11-8-5-3-4-6-9(8)12-10;1-8(2)9-6-4-3-5-7-9;1-5(2)6-3-7-4-8-6;1-5(2)6-3-7-8-4-6;1-5(2)6-3-4-8-7-6;1-5(2)6-3-4-7-8-6;1-5(2)6-7-3-4-8-6/h2*3-9H,1-2H3;3-8H,1-2H3;2*3-7H,1-2H3;3-8H,1-2H3;2*3-5H,1-2H3,(H,7,8);3*3-5H,1-2H3. The molecule has 15 nitrogen and oxygen atoms in total. The molecule has 5 aromatic carbocycles. The Balaban J connectivity index is 0.000000192. The topological polar surface area (TPSA) is 191 Å². The van der Waals surface area contributed by atoms with E-state index in [0.29, 0.717) is 65.1 Å². The van der Waals surface area contributed by atoms with Gasteiger partial charge in [0.25, 0.3) is 0 Å². The van der Waals surface area contributed by atoms with Crippen molar-refractivity contribution in [1.29, 1.82) is 0 Å². The van der Waals surface area contributed by atoms with E-state index in [-0.39, 0.29) is 0 Å². The molecule has 16 aromatic rings. The van der Waals surface area contributed by atoms with Gasteiger partial charge in [0.1, 0.15) is 17.7 Å². The Morgan fingerprint density at radius 2 is 1.02 bits per heavy atom. The van der Waals surface area contributed by atoms with Crippen LogP contribution in [0.4, 0.5) is 0 Å². The lowest BCUT2D eigenvalue weighted by molar-refractivity contribution is 0.371. The van der Waals surface area contributed by atoms with Crippen molar-refractivity contribution in [1.82, 2.24) is 64.8 Å². The van der Waals surface area contributed by atoms with Crippen LogP contribution in [-0.2, 0) is 0 Å². The molecule has 0 saturated carbocycles. The highest BCUT2D eigenvalue weighted by Gasteiger charge is 2.09. The zero-order valence-electron chi connectivity index (χ0n) is 69.4. The Hall–Kier alpha value is -10.1. The molecule has 18 heteroatoms. The van der Waals surface area contributed by atoms with Crippen molar-refractivity contribution in [2.24, 2.45) is 0 Å². The maximum Gasteiger partial charge on any atom is 0.139 e. The van der Waals surface area contributed by atoms with E-state index in [1.54, 1.807) is 52.8 Å². The van der Waals surface area contributed by atoms with Crippen LogP contribution >= 0.6 is 34.0 Å². The number of para-hydroxylation sites is 2. The number of hydrogen-bond acceptors (Lipinski definition) is 15. The summed E-state index contributed by atoms with van der Waals surface area (Å²) in [5, 5.41) is 20.8. The van der Waals surface area contributed by atoms with E-state index >= 15 is 0 Å². The van der Waals surface area contributed by atoms with Gasteiger partial charge >= 0.3 is 0 Å². The number of imidazole rings is 2. The fourth-order valence-corrected chi connectivity index (χ4v) is 12.4. The van der Waals surface area contributed by atoms with Crippen LogP contribution in [0.15, 0.2) is 252 Å². The van der Waals surface area contributed by atoms with Crippen molar-refractivity contribution >= 4 is 81.9 Å². The van der Waals surface area contributed by atoms with Crippen molar-refractivity contribution in [3.63, 3.8) is 0 Å². The number of aromatic amines is 2. The van der Waals surface area contributed by atoms with Gasteiger partial charge in [-0.15, -0.1) is 34.0 Å². The summed E-state index contributed by atoms with van der Waals surface area (Å²) in [4.78, 5) is 33.0.